The lowest BCUT2D eigenvalue weighted by Crippen LogP contribution is -2.36. The summed E-state index contributed by atoms with van der Waals surface area (Å²) in [6.07, 6.45) is 1.81. The first-order chi connectivity index (χ1) is 11.4. The number of nitrogens with zero attached hydrogens (tertiary/aromatic N) is 2. The Hall–Kier alpha value is -2.40. The monoisotopic (exact) mass is 339 g/mol. The zero-order chi connectivity index (χ0) is 17.2. The van der Waals surface area contributed by atoms with Crippen molar-refractivity contribution in [3.05, 3.63) is 70.7 Å². The highest BCUT2D eigenvalue weighted by Crippen LogP contribution is 2.35. The van der Waals surface area contributed by atoms with Crippen LogP contribution >= 0.6 is 11.3 Å². The summed E-state index contributed by atoms with van der Waals surface area (Å²) < 4.78 is 1.71. The van der Waals surface area contributed by atoms with Crippen LogP contribution in [0.3, 0.4) is 0 Å². The molecule has 0 unspecified atom stereocenters. The smallest absolute Gasteiger partial charge is 0.272 e. The van der Waals surface area contributed by atoms with Gasteiger partial charge in [0.2, 0.25) is 0 Å². The third-order valence-corrected chi connectivity index (χ3v) is 4.75. The Morgan fingerprint density at radius 2 is 1.88 bits per heavy atom. The number of hydrogen-bond donors (Lipinski definition) is 1. The van der Waals surface area contributed by atoms with Crippen molar-refractivity contribution in [3.8, 4) is 5.69 Å². The van der Waals surface area contributed by atoms with Gasteiger partial charge in [-0.25, -0.2) is 4.68 Å². The second kappa shape index (κ2) is 6.61. The van der Waals surface area contributed by atoms with Crippen LogP contribution in [0.2, 0.25) is 0 Å². The van der Waals surface area contributed by atoms with E-state index in [0.717, 1.165) is 10.6 Å². The van der Waals surface area contributed by atoms with Crippen LogP contribution < -0.4 is 5.32 Å². The van der Waals surface area contributed by atoms with E-state index in [-0.39, 0.29) is 17.4 Å². The molecule has 0 bridgehead atoms. The number of rotatable bonds is 4. The molecule has 2 heterocycles. The summed E-state index contributed by atoms with van der Waals surface area (Å²) in [6, 6.07) is 15.5. The maximum absolute atomic E-state index is 12.7. The van der Waals surface area contributed by atoms with Crippen molar-refractivity contribution in [1.29, 1.82) is 0 Å². The minimum atomic E-state index is -0.155. The minimum Gasteiger partial charge on any atom is -0.342 e. The minimum absolute atomic E-state index is 0.0492. The third-order valence-electron chi connectivity index (χ3n) is 3.81. The highest BCUT2D eigenvalue weighted by Gasteiger charge is 2.29. The van der Waals surface area contributed by atoms with Gasteiger partial charge in [-0.15, -0.1) is 11.3 Å². The standard InChI is InChI=1S/C19H21N3OS/c1-19(2,3)17(16-10-7-13-24-16)20-18(23)15-11-12-22(21-15)14-8-5-4-6-9-14/h4-13,17H,1-3H3,(H,20,23)/t17-/m0/s1. The lowest BCUT2D eigenvalue weighted by atomic mass is 9.85. The Morgan fingerprint density at radius 3 is 2.50 bits per heavy atom. The molecule has 1 N–H and O–H groups in total. The Balaban J connectivity index is 1.80. The van der Waals surface area contributed by atoms with Crippen molar-refractivity contribution in [2.24, 2.45) is 5.41 Å². The predicted octanol–water partition coefficient (Wildman–Crippen LogP) is 4.45. The number of carbonyl (C=O) groups excluding carboxylic acids is 1. The van der Waals surface area contributed by atoms with Crippen molar-refractivity contribution in [1.82, 2.24) is 15.1 Å². The van der Waals surface area contributed by atoms with E-state index < -0.39 is 0 Å². The van der Waals surface area contributed by atoms with Crippen LogP contribution in [0.4, 0.5) is 0 Å². The van der Waals surface area contributed by atoms with Crippen LogP contribution in [0.15, 0.2) is 60.1 Å². The van der Waals surface area contributed by atoms with Crippen LogP contribution in [0, 0.1) is 5.41 Å². The van der Waals surface area contributed by atoms with E-state index in [4.69, 9.17) is 0 Å². The molecule has 1 atom stereocenters. The van der Waals surface area contributed by atoms with Gasteiger partial charge in [0.05, 0.1) is 11.7 Å². The molecule has 0 fully saturated rings. The molecule has 3 rings (SSSR count). The van der Waals surface area contributed by atoms with Crippen LogP contribution in [0.1, 0.15) is 42.2 Å². The highest BCUT2D eigenvalue weighted by molar-refractivity contribution is 7.10. The number of nitrogens with one attached hydrogen (secondary N) is 1. The molecule has 0 aliphatic rings. The quantitative estimate of drug-likeness (QED) is 0.763. The molecule has 0 spiro atoms. The molecule has 0 aliphatic heterocycles. The van der Waals surface area contributed by atoms with Gasteiger partial charge in [0.1, 0.15) is 0 Å². The molecule has 3 aromatic rings. The van der Waals surface area contributed by atoms with E-state index in [9.17, 15) is 4.79 Å². The number of aromatic nitrogens is 2. The number of benzene rings is 1. The molecule has 0 saturated heterocycles. The fraction of sp³-hybridized carbons (Fsp3) is 0.263. The van der Waals surface area contributed by atoms with Gasteiger partial charge in [0, 0.05) is 11.1 Å². The molecular weight excluding hydrogens is 318 g/mol. The zero-order valence-corrected chi connectivity index (χ0v) is 14.9. The molecular formula is C19H21N3OS. The first-order valence-corrected chi connectivity index (χ1v) is 8.78. The zero-order valence-electron chi connectivity index (χ0n) is 14.1. The summed E-state index contributed by atoms with van der Waals surface area (Å²) in [5, 5.41) is 9.57. The summed E-state index contributed by atoms with van der Waals surface area (Å²) >= 11 is 1.66. The summed E-state index contributed by atoms with van der Waals surface area (Å²) in [4.78, 5) is 13.8. The average Bonchev–Trinajstić information content (AvgIpc) is 3.23. The third kappa shape index (κ3) is 3.57. The Morgan fingerprint density at radius 1 is 1.12 bits per heavy atom. The van der Waals surface area contributed by atoms with E-state index in [0.29, 0.717) is 5.69 Å². The Labute approximate surface area is 146 Å². The largest absolute Gasteiger partial charge is 0.342 e. The number of para-hydroxylation sites is 1. The van der Waals surface area contributed by atoms with Crippen molar-refractivity contribution in [2.75, 3.05) is 0 Å². The normalized spacial score (nSPS) is 12.8. The van der Waals surface area contributed by atoms with Gasteiger partial charge in [0.15, 0.2) is 5.69 Å². The summed E-state index contributed by atoms with van der Waals surface area (Å²) in [5.41, 5.74) is 1.27. The maximum Gasteiger partial charge on any atom is 0.272 e. The van der Waals surface area contributed by atoms with Gasteiger partial charge in [-0.3, -0.25) is 4.79 Å². The highest BCUT2D eigenvalue weighted by atomic mass is 32.1. The molecule has 124 valence electrons. The Bertz CT molecular complexity index is 801. The summed E-state index contributed by atoms with van der Waals surface area (Å²) in [5.74, 6) is -0.155. The number of thiophene rings is 1. The first kappa shape index (κ1) is 16.5. The second-order valence-corrected chi connectivity index (χ2v) is 7.75. The molecule has 24 heavy (non-hydrogen) atoms. The van der Waals surface area contributed by atoms with Gasteiger partial charge in [0.25, 0.3) is 5.91 Å². The van der Waals surface area contributed by atoms with E-state index in [1.807, 2.05) is 48.0 Å². The van der Waals surface area contributed by atoms with Crippen molar-refractivity contribution in [3.63, 3.8) is 0 Å². The Kier molecular flexibility index (Phi) is 4.53. The fourth-order valence-electron chi connectivity index (χ4n) is 2.54. The summed E-state index contributed by atoms with van der Waals surface area (Å²) in [6.45, 7) is 6.38. The second-order valence-electron chi connectivity index (χ2n) is 6.77. The molecule has 0 radical (unpaired) electrons. The lowest BCUT2D eigenvalue weighted by Gasteiger charge is -2.30. The van der Waals surface area contributed by atoms with E-state index in [1.54, 1.807) is 22.1 Å². The average molecular weight is 339 g/mol. The molecule has 5 heteroatoms. The maximum atomic E-state index is 12.7. The van der Waals surface area contributed by atoms with Gasteiger partial charge >= 0.3 is 0 Å². The van der Waals surface area contributed by atoms with Gasteiger partial charge in [-0.05, 0) is 35.1 Å². The van der Waals surface area contributed by atoms with Gasteiger partial charge in [-0.2, -0.15) is 5.10 Å². The van der Waals surface area contributed by atoms with E-state index >= 15 is 0 Å². The summed E-state index contributed by atoms with van der Waals surface area (Å²) in [7, 11) is 0. The topological polar surface area (TPSA) is 46.9 Å². The fourth-order valence-corrected chi connectivity index (χ4v) is 3.56. The van der Waals surface area contributed by atoms with E-state index in [2.05, 4.69) is 37.3 Å². The lowest BCUT2D eigenvalue weighted by molar-refractivity contribution is 0.0898. The van der Waals surface area contributed by atoms with Crippen LogP contribution in [0.25, 0.3) is 5.69 Å². The molecule has 0 saturated carbocycles. The SMILES string of the molecule is CC(C)(C)[C@@H](NC(=O)c1ccn(-c2ccccc2)n1)c1cccs1. The van der Waals surface area contributed by atoms with Gasteiger partial charge in [-0.1, -0.05) is 45.0 Å². The molecule has 0 aliphatic carbocycles. The van der Waals surface area contributed by atoms with Crippen molar-refractivity contribution >= 4 is 17.2 Å². The predicted molar refractivity (Wildman–Crippen MR) is 97.5 cm³/mol. The first-order valence-electron chi connectivity index (χ1n) is 7.90. The molecule has 2 aromatic heterocycles. The number of hydrogen-bond acceptors (Lipinski definition) is 3. The van der Waals surface area contributed by atoms with Crippen LogP contribution in [0.5, 0.6) is 0 Å². The molecule has 1 amide bonds. The number of amides is 1. The molecule has 1 aromatic carbocycles. The van der Waals surface area contributed by atoms with Gasteiger partial charge < -0.3 is 5.32 Å². The molecule has 4 nitrogen and oxygen atoms in total. The van der Waals surface area contributed by atoms with E-state index in [1.165, 1.54) is 0 Å². The number of carbonyl (C=O) groups is 1. The van der Waals surface area contributed by atoms with Crippen LogP contribution in [-0.2, 0) is 0 Å². The van der Waals surface area contributed by atoms with Crippen molar-refractivity contribution < 1.29 is 4.79 Å². The van der Waals surface area contributed by atoms with Crippen LogP contribution in [-0.4, -0.2) is 15.7 Å². The van der Waals surface area contributed by atoms with Crippen molar-refractivity contribution in [2.45, 2.75) is 26.8 Å².